The standard InChI is InChI=1S/C32H38N4O4S/c1-22-18-27(40-3)19-23(2)30(22)41(38,39)34-29-7-6-24-4-5-25(20-28(24)29)31(37)35-15-10-32(11-16-35)12-17-36(21-32)26-8-13-33-14-9-26/h4-5,8-9,13-14,18-20,29,34H,6-7,10-12,15-17,21H2,1-3H3. The summed E-state index contributed by atoms with van der Waals surface area (Å²) >= 11 is 0. The molecule has 3 aliphatic rings. The fourth-order valence-electron chi connectivity index (χ4n) is 7.04. The van der Waals surface area contributed by atoms with Gasteiger partial charge >= 0.3 is 0 Å². The van der Waals surface area contributed by atoms with E-state index < -0.39 is 10.0 Å². The Hall–Kier alpha value is -3.43. The van der Waals surface area contributed by atoms with Gasteiger partial charge in [0.15, 0.2) is 0 Å². The van der Waals surface area contributed by atoms with Crippen molar-refractivity contribution in [3.8, 4) is 5.75 Å². The van der Waals surface area contributed by atoms with E-state index in [0.29, 0.717) is 28.9 Å². The van der Waals surface area contributed by atoms with Crippen LogP contribution in [0.1, 0.15) is 64.3 Å². The molecule has 3 aromatic rings. The van der Waals surface area contributed by atoms with Crippen LogP contribution in [0.4, 0.5) is 5.69 Å². The van der Waals surface area contributed by atoms with Crippen molar-refractivity contribution in [2.45, 2.75) is 56.9 Å². The molecule has 2 aromatic carbocycles. The third-order valence-corrected chi connectivity index (χ3v) is 11.1. The van der Waals surface area contributed by atoms with Crippen LogP contribution in [0.2, 0.25) is 0 Å². The Morgan fingerprint density at radius 3 is 2.37 bits per heavy atom. The minimum absolute atomic E-state index is 0.0296. The fraction of sp³-hybridized carbons (Fsp3) is 0.438. The Labute approximate surface area is 242 Å². The molecule has 2 aliphatic heterocycles. The summed E-state index contributed by atoms with van der Waals surface area (Å²) < 4.78 is 35.3. The molecule has 41 heavy (non-hydrogen) atoms. The van der Waals surface area contributed by atoms with Crippen LogP contribution in [0.25, 0.3) is 0 Å². The van der Waals surface area contributed by atoms with Gasteiger partial charge in [-0.25, -0.2) is 13.1 Å². The third-order valence-electron chi connectivity index (χ3n) is 9.28. The molecule has 0 saturated carbocycles. The number of carbonyl (C=O) groups is 1. The molecule has 1 aliphatic carbocycles. The highest BCUT2D eigenvalue weighted by Gasteiger charge is 2.41. The molecule has 0 bridgehead atoms. The van der Waals surface area contributed by atoms with E-state index >= 15 is 0 Å². The number of nitrogens with one attached hydrogen (secondary N) is 1. The maximum Gasteiger partial charge on any atom is 0.253 e. The summed E-state index contributed by atoms with van der Waals surface area (Å²) in [7, 11) is -2.20. The summed E-state index contributed by atoms with van der Waals surface area (Å²) in [4.78, 5) is 22.5. The van der Waals surface area contributed by atoms with Crippen LogP contribution in [-0.2, 0) is 16.4 Å². The summed E-state index contributed by atoms with van der Waals surface area (Å²) in [5.41, 5.74) is 5.39. The van der Waals surface area contributed by atoms with Gasteiger partial charge in [-0.05, 0) is 110 Å². The molecular formula is C32H38N4O4S. The van der Waals surface area contributed by atoms with Crippen molar-refractivity contribution in [3.05, 3.63) is 82.7 Å². The second kappa shape index (κ2) is 10.8. The molecule has 216 valence electrons. The van der Waals surface area contributed by atoms with E-state index in [9.17, 15) is 13.2 Å². The van der Waals surface area contributed by atoms with E-state index in [2.05, 4.69) is 26.7 Å². The number of ether oxygens (including phenoxy) is 1. The Kier molecular flexibility index (Phi) is 7.28. The number of hydrogen-bond donors (Lipinski definition) is 1. The molecule has 1 amide bonds. The average Bonchev–Trinajstić information content (AvgIpc) is 3.56. The van der Waals surface area contributed by atoms with Gasteiger partial charge in [-0.2, -0.15) is 0 Å². The molecule has 3 heterocycles. The first-order chi connectivity index (χ1) is 19.7. The monoisotopic (exact) mass is 574 g/mol. The first-order valence-electron chi connectivity index (χ1n) is 14.4. The van der Waals surface area contributed by atoms with E-state index in [-0.39, 0.29) is 22.3 Å². The molecule has 2 saturated heterocycles. The highest BCUT2D eigenvalue weighted by atomic mass is 32.2. The molecule has 2 fully saturated rings. The lowest BCUT2D eigenvalue weighted by atomic mass is 9.77. The molecule has 1 N–H and O–H groups in total. The highest BCUT2D eigenvalue weighted by molar-refractivity contribution is 7.89. The van der Waals surface area contributed by atoms with Gasteiger partial charge in [-0.15, -0.1) is 0 Å². The largest absolute Gasteiger partial charge is 0.497 e. The van der Waals surface area contributed by atoms with E-state index in [4.69, 9.17) is 4.74 Å². The Morgan fingerprint density at radius 1 is 1.00 bits per heavy atom. The van der Waals surface area contributed by atoms with Crippen LogP contribution in [-0.4, -0.2) is 57.5 Å². The van der Waals surface area contributed by atoms with Gasteiger partial charge in [0.25, 0.3) is 5.91 Å². The number of aryl methyl sites for hydroxylation is 3. The lowest BCUT2D eigenvalue weighted by molar-refractivity contribution is 0.0610. The number of hydrogen-bond acceptors (Lipinski definition) is 6. The minimum atomic E-state index is -3.77. The van der Waals surface area contributed by atoms with Crippen molar-refractivity contribution in [2.75, 3.05) is 38.2 Å². The van der Waals surface area contributed by atoms with Gasteiger partial charge < -0.3 is 14.5 Å². The number of likely N-dealkylation sites (tertiary alicyclic amines) is 1. The fourth-order valence-corrected chi connectivity index (χ4v) is 8.74. The van der Waals surface area contributed by atoms with E-state index in [1.54, 1.807) is 33.1 Å². The molecule has 1 aromatic heterocycles. The Balaban J connectivity index is 1.14. The minimum Gasteiger partial charge on any atom is -0.497 e. The van der Waals surface area contributed by atoms with Crippen LogP contribution < -0.4 is 14.4 Å². The van der Waals surface area contributed by atoms with Crippen molar-refractivity contribution in [1.29, 1.82) is 0 Å². The molecule has 8 nitrogen and oxygen atoms in total. The second-order valence-electron chi connectivity index (χ2n) is 11.9. The van der Waals surface area contributed by atoms with Crippen molar-refractivity contribution in [3.63, 3.8) is 0 Å². The summed E-state index contributed by atoms with van der Waals surface area (Å²) in [6, 6.07) is 13.1. The number of sulfonamides is 1. The van der Waals surface area contributed by atoms with Crippen LogP contribution in [0, 0.1) is 19.3 Å². The first kappa shape index (κ1) is 27.7. The van der Waals surface area contributed by atoms with Gasteiger partial charge in [-0.1, -0.05) is 6.07 Å². The van der Waals surface area contributed by atoms with Crippen molar-refractivity contribution in [1.82, 2.24) is 14.6 Å². The predicted molar refractivity (Wildman–Crippen MR) is 159 cm³/mol. The average molecular weight is 575 g/mol. The van der Waals surface area contributed by atoms with Gasteiger partial charge in [0.05, 0.1) is 12.0 Å². The quantitative estimate of drug-likeness (QED) is 0.455. The summed E-state index contributed by atoms with van der Waals surface area (Å²) in [5.74, 6) is 0.665. The second-order valence-corrected chi connectivity index (χ2v) is 13.5. The van der Waals surface area contributed by atoms with Crippen molar-refractivity contribution in [2.24, 2.45) is 5.41 Å². The molecule has 6 rings (SSSR count). The van der Waals surface area contributed by atoms with E-state index in [0.717, 1.165) is 63.0 Å². The molecule has 1 spiro atoms. The van der Waals surface area contributed by atoms with E-state index in [1.165, 1.54) is 5.69 Å². The summed E-state index contributed by atoms with van der Waals surface area (Å²) in [6.07, 6.45) is 8.26. The third kappa shape index (κ3) is 5.33. The van der Waals surface area contributed by atoms with Crippen molar-refractivity contribution < 1.29 is 17.9 Å². The van der Waals surface area contributed by atoms with Crippen molar-refractivity contribution >= 4 is 21.6 Å². The predicted octanol–water partition coefficient (Wildman–Crippen LogP) is 4.81. The number of carbonyl (C=O) groups excluding carboxylic acids is 1. The van der Waals surface area contributed by atoms with Gasteiger partial charge in [0.1, 0.15) is 5.75 Å². The number of aromatic nitrogens is 1. The summed E-state index contributed by atoms with van der Waals surface area (Å²) in [6.45, 7) is 7.11. The maximum absolute atomic E-state index is 13.6. The van der Waals surface area contributed by atoms with Crippen LogP contribution >= 0.6 is 0 Å². The smallest absolute Gasteiger partial charge is 0.253 e. The number of benzene rings is 2. The number of nitrogens with zero attached hydrogens (tertiary/aromatic N) is 3. The van der Waals surface area contributed by atoms with Crippen LogP contribution in [0.15, 0.2) is 59.8 Å². The topological polar surface area (TPSA) is 91.8 Å². The number of pyridine rings is 1. The SMILES string of the molecule is COc1cc(C)c(S(=O)(=O)NC2CCc3ccc(C(=O)N4CCC5(CC4)CCN(c4ccncc4)C5)cc32)c(C)c1. The highest BCUT2D eigenvalue weighted by Crippen LogP contribution is 2.42. The number of methoxy groups -OCH3 is 1. The lowest BCUT2D eigenvalue weighted by Crippen LogP contribution is -2.44. The van der Waals surface area contributed by atoms with Gasteiger partial charge in [-0.3, -0.25) is 9.78 Å². The Bertz CT molecular complexity index is 1540. The zero-order valence-corrected chi connectivity index (χ0v) is 24.8. The zero-order chi connectivity index (χ0) is 28.8. The summed E-state index contributed by atoms with van der Waals surface area (Å²) in [5, 5.41) is 0. The van der Waals surface area contributed by atoms with E-state index in [1.807, 2.05) is 35.5 Å². The normalized spacial score (nSPS) is 19.9. The van der Waals surface area contributed by atoms with Crippen LogP contribution in [0.3, 0.4) is 0 Å². The molecule has 9 heteroatoms. The lowest BCUT2D eigenvalue weighted by Gasteiger charge is -2.39. The maximum atomic E-state index is 13.6. The zero-order valence-electron chi connectivity index (χ0n) is 24.0. The van der Waals surface area contributed by atoms with Gasteiger partial charge in [0, 0.05) is 55.9 Å². The number of rotatable bonds is 6. The molecule has 1 atom stereocenters. The first-order valence-corrected chi connectivity index (χ1v) is 15.9. The van der Waals surface area contributed by atoms with Crippen LogP contribution in [0.5, 0.6) is 5.75 Å². The number of fused-ring (bicyclic) bond motifs is 1. The molecule has 0 radical (unpaired) electrons. The molecule has 1 unspecified atom stereocenters. The number of amides is 1. The number of piperidine rings is 1. The van der Waals surface area contributed by atoms with Gasteiger partial charge in [0.2, 0.25) is 10.0 Å². The number of anilines is 1. The Morgan fingerprint density at radius 2 is 1.68 bits per heavy atom. The molecular weight excluding hydrogens is 536 g/mol.